The van der Waals surface area contributed by atoms with Crippen molar-refractivity contribution < 1.29 is 5.11 Å². The monoisotopic (exact) mass is 225 g/mol. The lowest BCUT2D eigenvalue weighted by atomic mass is 9.95. The minimum absolute atomic E-state index is 0.144. The molecule has 0 heterocycles. The predicted octanol–water partition coefficient (Wildman–Crippen LogP) is 3.79. The lowest BCUT2D eigenvalue weighted by molar-refractivity contribution is 0.462. The number of halogens is 1. The largest absolute Gasteiger partial charge is 0.506 e. The molecule has 1 saturated carbocycles. The molecule has 82 valence electrons. The van der Waals surface area contributed by atoms with Crippen molar-refractivity contribution in [2.75, 3.05) is 5.32 Å². The van der Waals surface area contributed by atoms with Gasteiger partial charge in [-0.25, -0.2) is 0 Å². The highest BCUT2D eigenvalue weighted by Gasteiger charge is 2.13. The predicted molar refractivity (Wildman–Crippen MR) is 63.6 cm³/mol. The molecule has 0 amide bonds. The van der Waals surface area contributed by atoms with E-state index in [9.17, 15) is 5.11 Å². The van der Waals surface area contributed by atoms with E-state index in [1.54, 1.807) is 12.1 Å². The van der Waals surface area contributed by atoms with Gasteiger partial charge in [-0.15, -0.1) is 0 Å². The fraction of sp³-hybridized carbons (Fsp3) is 0.500. The van der Waals surface area contributed by atoms with Crippen LogP contribution in [0.4, 0.5) is 5.69 Å². The average molecular weight is 226 g/mol. The summed E-state index contributed by atoms with van der Waals surface area (Å²) in [6.45, 7) is 0. The van der Waals surface area contributed by atoms with Gasteiger partial charge in [-0.1, -0.05) is 30.9 Å². The molecular formula is C12H16ClNO. The van der Waals surface area contributed by atoms with Crippen molar-refractivity contribution in [1.82, 2.24) is 0 Å². The van der Waals surface area contributed by atoms with Crippen LogP contribution in [0.3, 0.4) is 0 Å². The van der Waals surface area contributed by atoms with Gasteiger partial charge in [0.2, 0.25) is 0 Å². The topological polar surface area (TPSA) is 32.3 Å². The molecule has 1 aromatic carbocycles. The van der Waals surface area contributed by atoms with Crippen LogP contribution in [0.5, 0.6) is 5.75 Å². The van der Waals surface area contributed by atoms with Gasteiger partial charge >= 0.3 is 0 Å². The molecule has 1 aromatic rings. The van der Waals surface area contributed by atoms with E-state index in [0.29, 0.717) is 11.1 Å². The Hall–Kier alpha value is -0.890. The molecule has 0 aromatic heterocycles. The fourth-order valence-electron chi connectivity index (χ4n) is 2.08. The molecule has 1 fully saturated rings. The van der Waals surface area contributed by atoms with Crippen LogP contribution in [0, 0.1) is 0 Å². The first-order valence-corrected chi connectivity index (χ1v) is 5.88. The molecule has 0 atom stereocenters. The van der Waals surface area contributed by atoms with Gasteiger partial charge in [0.25, 0.3) is 0 Å². The van der Waals surface area contributed by atoms with Crippen LogP contribution in [-0.4, -0.2) is 11.1 Å². The van der Waals surface area contributed by atoms with Crippen molar-refractivity contribution in [2.24, 2.45) is 0 Å². The normalized spacial score (nSPS) is 17.7. The number of benzene rings is 1. The minimum atomic E-state index is 0.144. The Morgan fingerprint density at radius 2 is 1.93 bits per heavy atom. The number of nitrogens with one attached hydrogen (secondary N) is 1. The molecular weight excluding hydrogens is 210 g/mol. The second-order valence-corrected chi connectivity index (χ2v) is 4.55. The van der Waals surface area contributed by atoms with Crippen LogP contribution in [-0.2, 0) is 0 Å². The second-order valence-electron chi connectivity index (χ2n) is 4.15. The highest BCUT2D eigenvalue weighted by molar-refractivity contribution is 6.32. The summed E-state index contributed by atoms with van der Waals surface area (Å²) in [6, 6.07) is 5.86. The maximum absolute atomic E-state index is 9.29. The van der Waals surface area contributed by atoms with E-state index >= 15 is 0 Å². The van der Waals surface area contributed by atoms with Gasteiger partial charge in [-0.05, 0) is 31.0 Å². The van der Waals surface area contributed by atoms with Crippen LogP contribution in [0.25, 0.3) is 0 Å². The summed E-state index contributed by atoms with van der Waals surface area (Å²) >= 11 is 5.84. The maximum atomic E-state index is 9.29. The molecule has 0 spiro atoms. The zero-order valence-corrected chi connectivity index (χ0v) is 9.43. The number of phenolic OH excluding ortho intramolecular Hbond substituents is 1. The highest BCUT2D eigenvalue weighted by Crippen LogP contribution is 2.28. The van der Waals surface area contributed by atoms with E-state index in [-0.39, 0.29) is 5.75 Å². The Morgan fingerprint density at radius 3 is 2.60 bits per heavy atom. The third-order valence-corrected chi connectivity index (χ3v) is 3.23. The zero-order valence-electron chi connectivity index (χ0n) is 8.67. The highest BCUT2D eigenvalue weighted by atomic mass is 35.5. The fourth-order valence-corrected chi connectivity index (χ4v) is 2.26. The van der Waals surface area contributed by atoms with E-state index in [2.05, 4.69) is 5.32 Å². The Labute approximate surface area is 95.3 Å². The second kappa shape index (κ2) is 4.75. The van der Waals surface area contributed by atoms with Gasteiger partial charge < -0.3 is 10.4 Å². The molecule has 1 aliphatic carbocycles. The first kappa shape index (κ1) is 10.6. The molecule has 2 rings (SSSR count). The zero-order chi connectivity index (χ0) is 10.7. The standard InChI is InChI=1S/C12H16ClNO/c13-11-8-10(6-7-12(11)15)14-9-4-2-1-3-5-9/h6-9,14-15H,1-5H2. The Morgan fingerprint density at radius 1 is 1.20 bits per heavy atom. The first-order valence-electron chi connectivity index (χ1n) is 5.51. The summed E-state index contributed by atoms with van der Waals surface area (Å²) in [6.07, 6.45) is 6.44. The van der Waals surface area contributed by atoms with Crippen molar-refractivity contribution in [3.05, 3.63) is 23.2 Å². The Bertz CT molecular complexity index is 334. The van der Waals surface area contributed by atoms with Crippen LogP contribution < -0.4 is 5.32 Å². The number of hydrogen-bond donors (Lipinski definition) is 2. The van der Waals surface area contributed by atoms with Gasteiger partial charge in [0.15, 0.2) is 0 Å². The molecule has 0 radical (unpaired) electrons. The summed E-state index contributed by atoms with van der Waals surface area (Å²) in [5.41, 5.74) is 1.00. The number of hydrogen-bond acceptors (Lipinski definition) is 2. The quantitative estimate of drug-likeness (QED) is 0.751. The summed E-state index contributed by atoms with van der Waals surface area (Å²) in [5, 5.41) is 13.2. The van der Waals surface area contributed by atoms with Gasteiger partial charge in [-0.2, -0.15) is 0 Å². The summed E-state index contributed by atoms with van der Waals surface area (Å²) in [4.78, 5) is 0. The SMILES string of the molecule is Oc1ccc(NC2CCCCC2)cc1Cl. The molecule has 0 unspecified atom stereocenters. The number of anilines is 1. The van der Waals surface area contributed by atoms with Crippen molar-refractivity contribution in [3.63, 3.8) is 0 Å². The van der Waals surface area contributed by atoms with E-state index in [4.69, 9.17) is 11.6 Å². The van der Waals surface area contributed by atoms with Crippen molar-refractivity contribution in [3.8, 4) is 5.75 Å². The lowest BCUT2D eigenvalue weighted by Gasteiger charge is -2.23. The molecule has 1 aliphatic rings. The Balaban J connectivity index is 2.00. The summed E-state index contributed by atoms with van der Waals surface area (Å²) in [7, 11) is 0. The molecule has 0 saturated heterocycles. The average Bonchev–Trinajstić information content (AvgIpc) is 2.25. The van der Waals surface area contributed by atoms with Gasteiger partial charge in [0.1, 0.15) is 5.75 Å². The van der Waals surface area contributed by atoms with Crippen molar-refractivity contribution in [1.29, 1.82) is 0 Å². The maximum Gasteiger partial charge on any atom is 0.134 e. The molecule has 0 aliphatic heterocycles. The molecule has 2 nitrogen and oxygen atoms in total. The minimum Gasteiger partial charge on any atom is -0.506 e. The van der Waals surface area contributed by atoms with Crippen LogP contribution in [0.2, 0.25) is 5.02 Å². The molecule has 3 heteroatoms. The van der Waals surface area contributed by atoms with Gasteiger partial charge in [0, 0.05) is 11.7 Å². The van der Waals surface area contributed by atoms with Crippen LogP contribution in [0.15, 0.2) is 18.2 Å². The molecule has 2 N–H and O–H groups in total. The van der Waals surface area contributed by atoms with Crippen LogP contribution >= 0.6 is 11.6 Å². The molecule has 0 bridgehead atoms. The summed E-state index contributed by atoms with van der Waals surface area (Å²) in [5.74, 6) is 0.144. The van der Waals surface area contributed by atoms with E-state index in [1.165, 1.54) is 32.1 Å². The van der Waals surface area contributed by atoms with Crippen molar-refractivity contribution >= 4 is 17.3 Å². The van der Waals surface area contributed by atoms with E-state index in [1.807, 2.05) is 6.07 Å². The van der Waals surface area contributed by atoms with Gasteiger partial charge in [-0.3, -0.25) is 0 Å². The van der Waals surface area contributed by atoms with E-state index in [0.717, 1.165) is 5.69 Å². The third kappa shape index (κ3) is 2.78. The lowest BCUT2D eigenvalue weighted by Crippen LogP contribution is -2.22. The Kier molecular flexibility index (Phi) is 3.37. The number of aromatic hydroxyl groups is 1. The number of rotatable bonds is 2. The smallest absolute Gasteiger partial charge is 0.134 e. The van der Waals surface area contributed by atoms with Crippen molar-refractivity contribution in [2.45, 2.75) is 38.1 Å². The van der Waals surface area contributed by atoms with E-state index < -0.39 is 0 Å². The third-order valence-electron chi connectivity index (χ3n) is 2.92. The summed E-state index contributed by atoms with van der Waals surface area (Å²) < 4.78 is 0. The first-order chi connectivity index (χ1) is 7.25. The number of phenols is 1. The molecule has 15 heavy (non-hydrogen) atoms. The van der Waals surface area contributed by atoms with Gasteiger partial charge in [0.05, 0.1) is 5.02 Å². The van der Waals surface area contributed by atoms with Crippen LogP contribution in [0.1, 0.15) is 32.1 Å².